The molecule has 0 aromatic heterocycles. The monoisotopic (exact) mass is 408 g/mol. The molecule has 1 heterocycles. The molecule has 5 rings (SSSR count). The molecule has 3 nitrogen and oxygen atoms in total. The van der Waals surface area contributed by atoms with E-state index in [0.29, 0.717) is 17.9 Å². The highest BCUT2D eigenvalue weighted by Gasteiger charge is 2.37. The second kappa shape index (κ2) is 8.81. The summed E-state index contributed by atoms with van der Waals surface area (Å²) in [7, 11) is 0. The van der Waals surface area contributed by atoms with E-state index in [4.69, 9.17) is 4.74 Å². The van der Waals surface area contributed by atoms with Gasteiger partial charge in [-0.15, -0.1) is 0 Å². The fraction of sp³-hybridized carbons (Fsp3) is 0.250. The summed E-state index contributed by atoms with van der Waals surface area (Å²) in [5.41, 5.74) is 6.04. The smallest absolute Gasteiger partial charge is 0.119 e. The van der Waals surface area contributed by atoms with Crippen LogP contribution < -0.4 is 10.1 Å². The third-order valence-corrected chi connectivity index (χ3v) is 6.24. The van der Waals surface area contributed by atoms with Gasteiger partial charge in [0.25, 0.3) is 0 Å². The predicted octanol–water partition coefficient (Wildman–Crippen LogP) is 7.05. The minimum atomic E-state index is 0.323. The van der Waals surface area contributed by atoms with E-state index >= 15 is 0 Å². The Labute approximate surface area is 184 Å². The Bertz CT molecular complexity index is 1080. The number of aliphatic imine (C=N–C) groups is 1. The Hall–Kier alpha value is -3.33. The number of hydrogen-bond acceptors (Lipinski definition) is 3. The number of benzene rings is 3. The molecule has 3 aromatic carbocycles. The number of rotatable bonds is 6. The number of nitrogens with one attached hydrogen (secondary N) is 1. The summed E-state index contributed by atoms with van der Waals surface area (Å²) in [5, 5.41) is 3.79. The quantitative estimate of drug-likeness (QED) is 0.350. The normalized spacial score (nSPS) is 21.5. The molecule has 3 atom stereocenters. The van der Waals surface area contributed by atoms with Gasteiger partial charge in [0.15, 0.2) is 0 Å². The van der Waals surface area contributed by atoms with Crippen LogP contribution in [0.4, 0.5) is 11.4 Å². The van der Waals surface area contributed by atoms with Crippen LogP contribution in [0.15, 0.2) is 89.9 Å². The van der Waals surface area contributed by atoms with Crippen LogP contribution in [-0.4, -0.2) is 12.8 Å². The van der Waals surface area contributed by atoms with E-state index in [9.17, 15) is 0 Å². The molecule has 0 bridgehead atoms. The van der Waals surface area contributed by atoms with Crippen LogP contribution in [0, 0.1) is 5.92 Å². The Morgan fingerprint density at radius 3 is 2.61 bits per heavy atom. The van der Waals surface area contributed by atoms with E-state index in [-0.39, 0.29) is 0 Å². The molecule has 156 valence electrons. The molecule has 0 amide bonds. The van der Waals surface area contributed by atoms with Crippen LogP contribution in [0.1, 0.15) is 48.4 Å². The maximum absolute atomic E-state index is 5.64. The first-order valence-electron chi connectivity index (χ1n) is 11.2. The Balaban J connectivity index is 1.30. The maximum Gasteiger partial charge on any atom is 0.119 e. The van der Waals surface area contributed by atoms with Crippen molar-refractivity contribution in [2.24, 2.45) is 10.9 Å². The van der Waals surface area contributed by atoms with Gasteiger partial charge in [0.2, 0.25) is 0 Å². The van der Waals surface area contributed by atoms with Gasteiger partial charge in [-0.2, -0.15) is 0 Å². The highest BCUT2D eigenvalue weighted by Crippen LogP contribution is 2.49. The van der Waals surface area contributed by atoms with Crippen molar-refractivity contribution in [1.82, 2.24) is 0 Å². The van der Waals surface area contributed by atoms with Crippen molar-refractivity contribution in [3.63, 3.8) is 0 Å². The zero-order valence-corrected chi connectivity index (χ0v) is 17.9. The van der Waals surface area contributed by atoms with E-state index in [1.165, 1.54) is 16.8 Å². The van der Waals surface area contributed by atoms with Gasteiger partial charge in [-0.25, -0.2) is 0 Å². The summed E-state index contributed by atoms with van der Waals surface area (Å²) in [6, 6.07) is 25.8. The third kappa shape index (κ3) is 4.13. The van der Waals surface area contributed by atoms with Gasteiger partial charge in [0, 0.05) is 17.8 Å². The average molecular weight is 409 g/mol. The number of fused-ring (bicyclic) bond motifs is 3. The van der Waals surface area contributed by atoms with E-state index < -0.39 is 0 Å². The number of hydrogen-bond donors (Lipinski definition) is 1. The number of anilines is 1. The maximum atomic E-state index is 5.64. The van der Waals surface area contributed by atoms with Crippen LogP contribution in [-0.2, 0) is 0 Å². The van der Waals surface area contributed by atoms with Crippen molar-refractivity contribution in [1.29, 1.82) is 0 Å². The van der Waals surface area contributed by atoms with Gasteiger partial charge in [-0.1, -0.05) is 49.4 Å². The van der Waals surface area contributed by atoms with Crippen molar-refractivity contribution in [2.45, 2.75) is 31.7 Å². The molecule has 0 saturated heterocycles. The fourth-order valence-corrected chi connectivity index (χ4v) is 4.66. The lowest BCUT2D eigenvalue weighted by Crippen LogP contribution is -2.28. The van der Waals surface area contributed by atoms with Crippen molar-refractivity contribution in [2.75, 3.05) is 11.9 Å². The summed E-state index contributed by atoms with van der Waals surface area (Å²) >= 11 is 0. The van der Waals surface area contributed by atoms with E-state index in [2.05, 4.69) is 77.9 Å². The summed E-state index contributed by atoms with van der Waals surface area (Å²) in [4.78, 5) is 4.66. The zero-order chi connectivity index (χ0) is 21.0. The first-order valence-corrected chi connectivity index (χ1v) is 11.2. The summed E-state index contributed by atoms with van der Waals surface area (Å²) < 4.78 is 5.64. The van der Waals surface area contributed by atoms with Crippen LogP contribution >= 0.6 is 0 Å². The molecule has 0 fully saturated rings. The molecule has 3 aromatic rings. The number of nitrogens with zero attached hydrogens (tertiary/aromatic N) is 1. The minimum Gasteiger partial charge on any atom is -0.494 e. The van der Waals surface area contributed by atoms with Gasteiger partial charge in [-0.3, -0.25) is 4.99 Å². The molecular formula is C28H28N2O. The van der Waals surface area contributed by atoms with Gasteiger partial charge in [0.05, 0.1) is 18.3 Å². The molecule has 3 heteroatoms. The number of para-hydroxylation sites is 1. The summed E-state index contributed by atoms with van der Waals surface area (Å²) in [5.74, 6) is 1.98. The van der Waals surface area contributed by atoms with E-state index in [1.54, 1.807) is 0 Å². The van der Waals surface area contributed by atoms with E-state index in [0.717, 1.165) is 36.4 Å². The molecule has 1 N–H and O–H groups in total. The Kier molecular flexibility index (Phi) is 5.57. The highest BCUT2D eigenvalue weighted by molar-refractivity contribution is 5.82. The molecular weight excluding hydrogens is 380 g/mol. The second-order valence-electron chi connectivity index (χ2n) is 8.33. The fourth-order valence-electron chi connectivity index (χ4n) is 4.66. The predicted molar refractivity (Wildman–Crippen MR) is 129 cm³/mol. The summed E-state index contributed by atoms with van der Waals surface area (Å²) in [6.07, 6.45) is 8.76. The lowest BCUT2D eigenvalue weighted by Gasteiger charge is -2.37. The first-order chi connectivity index (χ1) is 15.3. The number of allylic oxidation sites excluding steroid dienone is 2. The van der Waals surface area contributed by atoms with Gasteiger partial charge in [-0.05, 0) is 77.9 Å². The van der Waals surface area contributed by atoms with Crippen molar-refractivity contribution in [3.8, 4) is 5.75 Å². The molecule has 2 aliphatic rings. The molecule has 1 aliphatic carbocycles. The van der Waals surface area contributed by atoms with Crippen LogP contribution in [0.2, 0.25) is 0 Å². The van der Waals surface area contributed by atoms with Gasteiger partial charge in [0.1, 0.15) is 5.75 Å². The minimum absolute atomic E-state index is 0.323. The third-order valence-electron chi connectivity index (χ3n) is 6.24. The molecule has 0 spiro atoms. The molecule has 0 radical (unpaired) electrons. The van der Waals surface area contributed by atoms with Crippen LogP contribution in [0.3, 0.4) is 0 Å². The molecule has 0 unspecified atom stereocenters. The SMILES string of the molecule is CCCOc1ccc(C=Nc2ccc([C@@H]3Nc4ccccc4[C@H]4C=CC[C@@H]43)cc2)cc1. The van der Waals surface area contributed by atoms with Crippen LogP contribution in [0.25, 0.3) is 0 Å². The molecule has 1 aliphatic heterocycles. The van der Waals surface area contributed by atoms with Gasteiger partial charge < -0.3 is 10.1 Å². The Morgan fingerprint density at radius 2 is 1.81 bits per heavy atom. The van der Waals surface area contributed by atoms with Crippen LogP contribution in [0.5, 0.6) is 5.75 Å². The van der Waals surface area contributed by atoms with Gasteiger partial charge >= 0.3 is 0 Å². The van der Waals surface area contributed by atoms with Crippen molar-refractivity contribution < 1.29 is 4.74 Å². The largest absolute Gasteiger partial charge is 0.494 e. The Morgan fingerprint density at radius 1 is 1.00 bits per heavy atom. The highest BCUT2D eigenvalue weighted by atomic mass is 16.5. The van der Waals surface area contributed by atoms with Crippen molar-refractivity contribution >= 4 is 17.6 Å². The molecule has 31 heavy (non-hydrogen) atoms. The topological polar surface area (TPSA) is 33.6 Å². The zero-order valence-electron chi connectivity index (χ0n) is 17.9. The summed E-state index contributed by atoms with van der Waals surface area (Å²) in [6.45, 7) is 2.86. The van der Waals surface area contributed by atoms with Crippen molar-refractivity contribution in [3.05, 3.63) is 102 Å². The average Bonchev–Trinajstić information content (AvgIpc) is 3.32. The number of ether oxygens (including phenoxy) is 1. The lowest BCUT2D eigenvalue weighted by molar-refractivity contribution is 0.317. The van der Waals surface area contributed by atoms with E-state index in [1.807, 2.05) is 30.5 Å². The second-order valence-corrected chi connectivity index (χ2v) is 8.33. The standard InChI is InChI=1S/C28H28N2O/c1-2-18-31-23-16-10-20(11-17-23)19-29-22-14-12-21(13-15-22)28-26-8-5-7-24(26)25-6-3-4-9-27(25)30-28/h3-7,9-17,19,24,26,28,30H,2,8,18H2,1H3/t24-,26+,28+/m1/s1. The lowest BCUT2D eigenvalue weighted by atomic mass is 9.77. The first kappa shape index (κ1) is 19.6. The molecule has 0 saturated carbocycles.